The highest BCUT2D eigenvalue weighted by molar-refractivity contribution is 7.98. The minimum Gasteiger partial charge on any atom is -0.459 e. The van der Waals surface area contributed by atoms with Gasteiger partial charge in [-0.1, -0.05) is 0 Å². The largest absolute Gasteiger partial charge is 0.459 e. The van der Waals surface area contributed by atoms with Crippen molar-refractivity contribution in [3.05, 3.63) is 71.8 Å². The molecule has 6 nitrogen and oxygen atoms in total. The monoisotopic (exact) mass is 379 g/mol. The average molecular weight is 379 g/mol. The van der Waals surface area contributed by atoms with Gasteiger partial charge in [0.15, 0.2) is 5.76 Å². The summed E-state index contributed by atoms with van der Waals surface area (Å²) in [6.07, 6.45) is 5.78. The van der Waals surface area contributed by atoms with Gasteiger partial charge in [-0.25, -0.2) is 4.98 Å². The van der Waals surface area contributed by atoms with Crippen LogP contribution in [-0.4, -0.2) is 29.6 Å². The van der Waals surface area contributed by atoms with E-state index in [1.165, 1.54) is 18.0 Å². The Morgan fingerprint density at radius 2 is 2.11 bits per heavy atom. The van der Waals surface area contributed by atoms with Gasteiger partial charge in [-0.2, -0.15) is 0 Å². The molecule has 0 aliphatic carbocycles. The van der Waals surface area contributed by atoms with E-state index in [4.69, 9.17) is 4.42 Å². The third kappa shape index (κ3) is 3.33. The number of anilines is 2. The molecule has 27 heavy (non-hydrogen) atoms. The van der Waals surface area contributed by atoms with E-state index in [2.05, 4.69) is 10.3 Å². The Balaban J connectivity index is 1.54. The van der Waals surface area contributed by atoms with Crippen molar-refractivity contribution in [2.24, 2.45) is 0 Å². The fraction of sp³-hybridized carbons (Fsp3) is 0.150. The van der Waals surface area contributed by atoms with E-state index in [0.29, 0.717) is 28.6 Å². The number of amides is 2. The highest BCUT2D eigenvalue weighted by Crippen LogP contribution is 2.32. The van der Waals surface area contributed by atoms with E-state index < -0.39 is 0 Å². The molecule has 1 aliphatic rings. The predicted octanol–water partition coefficient (Wildman–Crippen LogP) is 3.85. The first-order valence-corrected chi connectivity index (χ1v) is 9.68. The second-order valence-electron chi connectivity index (χ2n) is 6.04. The minimum atomic E-state index is -0.200. The number of aromatic nitrogens is 1. The van der Waals surface area contributed by atoms with E-state index in [9.17, 15) is 9.59 Å². The number of hydrogen-bond acceptors (Lipinski definition) is 5. The Bertz CT molecular complexity index is 1000. The highest BCUT2D eigenvalue weighted by Gasteiger charge is 2.27. The fourth-order valence-corrected chi connectivity index (χ4v) is 3.70. The van der Waals surface area contributed by atoms with Gasteiger partial charge in [-0.15, -0.1) is 11.8 Å². The lowest BCUT2D eigenvalue weighted by molar-refractivity contribution is 0.0961. The Kier molecular flexibility index (Phi) is 4.68. The quantitative estimate of drug-likeness (QED) is 0.697. The van der Waals surface area contributed by atoms with Crippen LogP contribution < -0.4 is 10.2 Å². The molecule has 2 amide bonds. The number of pyridine rings is 1. The van der Waals surface area contributed by atoms with Gasteiger partial charge in [0.05, 0.1) is 11.8 Å². The fourth-order valence-electron chi connectivity index (χ4n) is 3.15. The number of carbonyl (C=O) groups is 2. The molecule has 0 atom stereocenters. The zero-order valence-corrected chi connectivity index (χ0v) is 15.5. The lowest BCUT2D eigenvalue weighted by Crippen LogP contribution is -2.28. The van der Waals surface area contributed by atoms with Crippen LogP contribution in [0.4, 0.5) is 11.4 Å². The van der Waals surface area contributed by atoms with E-state index in [1.807, 2.05) is 18.4 Å². The Hall–Kier alpha value is -3.06. The number of furan rings is 1. The SMILES string of the molecule is CSc1ncccc1C(=O)Nc1ccc2c(c1)CCN2C(=O)c1ccco1. The number of rotatable bonds is 4. The molecular weight excluding hydrogens is 362 g/mol. The van der Waals surface area contributed by atoms with Crippen molar-refractivity contribution in [1.82, 2.24) is 4.98 Å². The molecule has 0 saturated heterocycles. The maximum Gasteiger partial charge on any atom is 0.293 e. The number of nitrogens with zero attached hydrogens (tertiary/aromatic N) is 2. The molecule has 0 saturated carbocycles. The zero-order valence-electron chi connectivity index (χ0n) is 14.6. The van der Waals surface area contributed by atoms with Gasteiger partial charge in [-0.3, -0.25) is 9.59 Å². The van der Waals surface area contributed by atoms with Crippen molar-refractivity contribution in [3.63, 3.8) is 0 Å². The van der Waals surface area contributed by atoms with Crippen molar-refractivity contribution in [2.75, 3.05) is 23.0 Å². The Labute approximate surface area is 160 Å². The van der Waals surface area contributed by atoms with Gasteiger partial charge < -0.3 is 14.6 Å². The molecule has 2 aromatic heterocycles. The average Bonchev–Trinajstić information content (AvgIpc) is 3.37. The summed E-state index contributed by atoms with van der Waals surface area (Å²) in [6, 6.07) is 12.4. The van der Waals surface area contributed by atoms with Crippen molar-refractivity contribution in [2.45, 2.75) is 11.4 Å². The van der Waals surface area contributed by atoms with Gasteiger partial charge in [0.1, 0.15) is 5.03 Å². The summed E-state index contributed by atoms with van der Waals surface area (Å²) in [6.45, 7) is 0.589. The number of nitrogens with one attached hydrogen (secondary N) is 1. The molecular formula is C20H17N3O3S. The van der Waals surface area contributed by atoms with Crippen LogP contribution >= 0.6 is 11.8 Å². The van der Waals surface area contributed by atoms with Gasteiger partial charge in [-0.05, 0) is 60.7 Å². The molecule has 0 fully saturated rings. The van der Waals surface area contributed by atoms with Crippen LogP contribution in [0.1, 0.15) is 26.5 Å². The molecule has 1 N–H and O–H groups in total. The van der Waals surface area contributed by atoms with Gasteiger partial charge in [0, 0.05) is 24.1 Å². The van der Waals surface area contributed by atoms with Gasteiger partial charge in [0.25, 0.3) is 11.8 Å². The summed E-state index contributed by atoms with van der Waals surface area (Å²) >= 11 is 1.43. The Morgan fingerprint density at radius 1 is 1.22 bits per heavy atom. The molecule has 1 aliphatic heterocycles. The van der Waals surface area contributed by atoms with Crippen LogP contribution in [0.25, 0.3) is 0 Å². The zero-order chi connectivity index (χ0) is 18.8. The first-order chi connectivity index (χ1) is 13.2. The standard InChI is InChI=1S/C20H17N3O3S/c1-27-19-15(4-2-9-21-19)18(24)22-14-6-7-16-13(12-14)8-10-23(16)20(25)17-5-3-11-26-17/h2-7,9,11-12H,8,10H2,1H3,(H,22,24). The smallest absolute Gasteiger partial charge is 0.293 e. The number of benzene rings is 1. The lowest BCUT2D eigenvalue weighted by Gasteiger charge is -2.16. The second-order valence-corrected chi connectivity index (χ2v) is 6.84. The molecule has 0 radical (unpaired) electrons. The van der Waals surface area contributed by atoms with Crippen molar-refractivity contribution < 1.29 is 14.0 Å². The molecule has 3 aromatic rings. The highest BCUT2D eigenvalue weighted by atomic mass is 32.2. The van der Waals surface area contributed by atoms with Crippen molar-refractivity contribution in [3.8, 4) is 0 Å². The minimum absolute atomic E-state index is 0.157. The summed E-state index contributed by atoms with van der Waals surface area (Å²) in [5.74, 6) is -0.0363. The van der Waals surface area contributed by atoms with E-state index in [0.717, 1.165) is 17.7 Å². The summed E-state index contributed by atoms with van der Waals surface area (Å²) < 4.78 is 5.21. The van der Waals surface area contributed by atoms with Crippen LogP contribution in [0.15, 0.2) is 64.4 Å². The third-order valence-electron chi connectivity index (χ3n) is 4.42. The van der Waals surface area contributed by atoms with Gasteiger partial charge in [0.2, 0.25) is 0 Å². The lowest BCUT2D eigenvalue weighted by atomic mass is 10.1. The van der Waals surface area contributed by atoms with Gasteiger partial charge >= 0.3 is 0 Å². The second kappa shape index (κ2) is 7.28. The van der Waals surface area contributed by atoms with E-state index in [-0.39, 0.29) is 11.8 Å². The van der Waals surface area contributed by atoms with Crippen molar-refractivity contribution >= 4 is 35.0 Å². The summed E-state index contributed by atoms with van der Waals surface area (Å²) in [7, 11) is 0. The van der Waals surface area contributed by atoms with E-state index >= 15 is 0 Å². The molecule has 0 unspecified atom stereocenters. The normalized spacial score (nSPS) is 12.7. The van der Waals surface area contributed by atoms with Crippen LogP contribution in [-0.2, 0) is 6.42 Å². The number of fused-ring (bicyclic) bond motifs is 1. The van der Waals surface area contributed by atoms with Crippen LogP contribution in [0.2, 0.25) is 0 Å². The summed E-state index contributed by atoms with van der Waals surface area (Å²) in [5, 5.41) is 3.61. The first kappa shape index (κ1) is 17.4. The van der Waals surface area contributed by atoms with Crippen molar-refractivity contribution in [1.29, 1.82) is 0 Å². The number of hydrogen-bond donors (Lipinski definition) is 1. The molecule has 136 valence electrons. The maximum atomic E-state index is 12.6. The molecule has 1 aromatic carbocycles. The summed E-state index contributed by atoms with van der Waals surface area (Å²) in [4.78, 5) is 31.0. The number of thioether (sulfide) groups is 1. The molecule has 0 spiro atoms. The first-order valence-electron chi connectivity index (χ1n) is 8.46. The predicted molar refractivity (Wildman–Crippen MR) is 105 cm³/mol. The van der Waals surface area contributed by atoms with Crippen LogP contribution in [0.3, 0.4) is 0 Å². The number of carbonyl (C=O) groups excluding carboxylic acids is 2. The van der Waals surface area contributed by atoms with Crippen LogP contribution in [0.5, 0.6) is 0 Å². The Morgan fingerprint density at radius 3 is 2.89 bits per heavy atom. The molecule has 4 rings (SSSR count). The topological polar surface area (TPSA) is 75.4 Å². The molecule has 3 heterocycles. The maximum absolute atomic E-state index is 12.6. The summed E-state index contributed by atoms with van der Waals surface area (Å²) in [5.41, 5.74) is 3.10. The van der Waals surface area contributed by atoms with Crippen LogP contribution in [0, 0.1) is 0 Å². The third-order valence-corrected chi connectivity index (χ3v) is 5.13. The molecule has 0 bridgehead atoms. The molecule has 7 heteroatoms. The van der Waals surface area contributed by atoms with E-state index in [1.54, 1.807) is 41.4 Å².